The van der Waals surface area contributed by atoms with Gasteiger partial charge in [0.15, 0.2) is 18.5 Å². The maximum atomic E-state index is 14.1. The maximum absolute atomic E-state index is 14.1. The fourth-order valence-electron chi connectivity index (χ4n) is 7.95. The number of nitrogens with one attached hydrogen (secondary N) is 1. The predicted molar refractivity (Wildman–Crippen MR) is 251 cm³/mol. The Morgan fingerprint density at radius 1 is 0.543 bits per heavy atom. The van der Waals surface area contributed by atoms with Gasteiger partial charge in [0, 0.05) is 13.7 Å². The quantitative estimate of drug-likeness (QED) is 0.0506. The normalized spacial score (nSPS) is 23.3. The molecule has 0 amide bonds. The number of methoxy groups -OCH3 is 1. The van der Waals surface area contributed by atoms with E-state index in [1.807, 2.05) is 30.3 Å². The van der Waals surface area contributed by atoms with Crippen molar-refractivity contribution in [3.8, 4) is 0 Å². The van der Waals surface area contributed by atoms with E-state index >= 15 is 0 Å². The van der Waals surface area contributed by atoms with Crippen LogP contribution in [0.5, 0.6) is 0 Å². The molecule has 6 aromatic carbocycles. The molecule has 2 saturated heterocycles. The molecule has 0 spiro atoms. The van der Waals surface area contributed by atoms with Gasteiger partial charge in [-0.25, -0.2) is 24.0 Å². The van der Waals surface area contributed by atoms with Crippen LogP contribution in [0.4, 0.5) is 0 Å². The van der Waals surface area contributed by atoms with E-state index in [4.69, 9.17) is 42.6 Å². The fourth-order valence-corrected chi connectivity index (χ4v) is 7.95. The summed E-state index contributed by atoms with van der Waals surface area (Å²) in [4.78, 5) is 69.4. The maximum Gasteiger partial charge on any atom is 0.338 e. The van der Waals surface area contributed by atoms with Crippen LogP contribution in [0.3, 0.4) is 0 Å². The average Bonchev–Trinajstić information content (AvgIpc) is 3.71. The van der Waals surface area contributed by atoms with Crippen molar-refractivity contribution in [3.05, 3.63) is 222 Å². The molecular weight excluding hydrogens is 899 g/mol. The van der Waals surface area contributed by atoms with Crippen molar-refractivity contribution >= 4 is 29.8 Å². The van der Waals surface area contributed by atoms with E-state index in [9.17, 15) is 24.0 Å². The molecule has 359 valence electrons. The number of rotatable bonds is 18. The van der Waals surface area contributed by atoms with Crippen LogP contribution in [0.15, 0.2) is 182 Å². The van der Waals surface area contributed by atoms with Crippen LogP contribution in [-0.4, -0.2) is 98.4 Å². The number of carbonyl (C=O) groups excluding carboxylic acids is 5. The van der Waals surface area contributed by atoms with E-state index in [2.05, 4.69) is 5.32 Å². The van der Waals surface area contributed by atoms with E-state index in [1.54, 1.807) is 140 Å². The van der Waals surface area contributed by atoms with E-state index < -0.39 is 84.8 Å². The SMILES string of the molecule is CO[C@@]1(NC[C@H]2O[C@H](OCc3ccccc3)[CH][C@@H](OC(=O)c3ccccc3)[C@@H]2OC(=O)c2ccccc2)O[C@H]([C@@H](C)OC(=O)c2ccccc2)[C@H](OC(=O)c2ccccc2)[C@H]1OC(=O)c1ccccc1. The van der Waals surface area contributed by atoms with Crippen molar-refractivity contribution in [2.75, 3.05) is 13.7 Å². The molecule has 0 unspecified atom stereocenters. The minimum Gasteiger partial charge on any atom is -0.456 e. The lowest BCUT2D eigenvalue weighted by Gasteiger charge is -2.42. The van der Waals surface area contributed by atoms with Crippen LogP contribution < -0.4 is 5.32 Å². The van der Waals surface area contributed by atoms with Crippen LogP contribution >= 0.6 is 0 Å². The molecule has 2 fully saturated rings. The summed E-state index contributed by atoms with van der Waals surface area (Å²) in [6.45, 7) is 1.26. The number of benzene rings is 6. The highest BCUT2D eigenvalue weighted by atomic mass is 16.8. The topological polar surface area (TPSA) is 180 Å². The highest BCUT2D eigenvalue weighted by Crippen LogP contribution is 2.39. The monoisotopic (exact) mass is 948 g/mol. The first-order valence-corrected chi connectivity index (χ1v) is 22.5. The van der Waals surface area contributed by atoms with Gasteiger partial charge in [-0.1, -0.05) is 121 Å². The first kappa shape index (κ1) is 48.9. The minimum atomic E-state index is -2.22. The van der Waals surface area contributed by atoms with E-state index in [-0.39, 0.29) is 41.0 Å². The van der Waals surface area contributed by atoms with Crippen molar-refractivity contribution in [2.24, 2.45) is 0 Å². The van der Waals surface area contributed by atoms with Gasteiger partial charge >= 0.3 is 29.8 Å². The lowest BCUT2D eigenvalue weighted by molar-refractivity contribution is -0.278. The Kier molecular flexibility index (Phi) is 16.2. The van der Waals surface area contributed by atoms with E-state index in [0.717, 1.165) is 5.56 Å². The molecule has 9 atom stereocenters. The van der Waals surface area contributed by atoms with Gasteiger partial charge in [-0.15, -0.1) is 0 Å². The molecule has 8 rings (SSSR count). The first-order chi connectivity index (χ1) is 34.1. The molecule has 1 N–H and O–H groups in total. The average molecular weight is 949 g/mol. The van der Waals surface area contributed by atoms with Crippen molar-refractivity contribution in [2.45, 2.75) is 68.5 Å². The van der Waals surface area contributed by atoms with Gasteiger partial charge in [0.25, 0.3) is 5.91 Å². The number of hydrogen-bond acceptors (Lipinski definition) is 15. The van der Waals surface area contributed by atoms with Crippen molar-refractivity contribution in [1.29, 1.82) is 0 Å². The van der Waals surface area contributed by atoms with Crippen LogP contribution in [0.1, 0.15) is 64.3 Å². The Morgan fingerprint density at radius 2 is 0.957 bits per heavy atom. The molecule has 0 aromatic heterocycles. The van der Waals surface area contributed by atoms with E-state index in [1.165, 1.54) is 32.6 Å². The number of esters is 5. The summed E-state index contributed by atoms with van der Waals surface area (Å²) in [5.74, 6) is -6.06. The second-order valence-electron chi connectivity index (χ2n) is 16.2. The summed E-state index contributed by atoms with van der Waals surface area (Å²) in [6, 6.07) is 50.3. The highest BCUT2D eigenvalue weighted by molar-refractivity contribution is 5.92. The van der Waals surface area contributed by atoms with Crippen molar-refractivity contribution in [1.82, 2.24) is 5.32 Å². The predicted octanol–water partition coefficient (Wildman–Crippen LogP) is 7.57. The lowest BCUT2D eigenvalue weighted by atomic mass is 9.99. The van der Waals surface area contributed by atoms with Gasteiger partial charge in [-0.2, -0.15) is 0 Å². The zero-order valence-corrected chi connectivity index (χ0v) is 38.1. The summed E-state index contributed by atoms with van der Waals surface area (Å²) in [5, 5.41) is 3.20. The molecule has 15 nitrogen and oxygen atoms in total. The summed E-state index contributed by atoms with van der Waals surface area (Å²) >= 11 is 0. The Morgan fingerprint density at radius 3 is 1.43 bits per heavy atom. The fraction of sp³-hybridized carbons (Fsp3) is 0.236. The van der Waals surface area contributed by atoms with Crippen LogP contribution in [0, 0.1) is 6.42 Å². The summed E-state index contributed by atoms with van der Waals surface area (Å²) in [7, 11) is 1.27. The number of hydrogen-bond donors (Lipinski definition) is 1. The molecular formula is C55H50NO14. The molecule has 2 aliphatic heterocycles. The smallest absolute Gasteiger partial charge is 0.338 e. The third kappa shape index (κ3) is 12.0. The molecule has 70 heavy (non-hydrogen) atoms. The molecule has 6 aromatic rings. The number of ether oxygens (including phenoxy) is 9. The minimum absolute atomic E-state index is 0.0777. The standard InChI is InChI=1S/C55H50NO14/c1-36(64-50(57)38-23-11-4-12-24-38)46-48(68-53(60)41-29-17-7-18-30-41)49(69-54(61)42-31-19-8-20-32-42)55(62-2,70-46)56-34-44-47(67-52(59)40-27-15-6-16-28-40)43(66-51(58)39-25-13-5-14-26-39)33-45(65-44)63-35-37-21-9-3-10-22-37/h3-33,36,43-49,56H,34-35H2,1-2H3/t36-,43-,44-,45+,46-,47+,48+,49-,55-/m1/s1. The molecule has 0 aliphatic carbocycles. The number of carbonyl (C=O) groups is 5. The molecule has 2 aliphatic rings. The molecule has 1 radical (unpaired) electrons. The second-order valence-corrected chi connectivity index (χ2v) is 16.2. The second kappa shape index (κ2) is 23.2. The zero-order valence-electron chi connectivity index (χ0n) is 38.1. The van der Waals surface area contributed by atoms with Crippen molar-refractivity contribution in [3.63, 3.8) is 0 Å². The molecule has 0 saturated carbocycles. The zero-order chi connectivity index (χ0) is 48.9. The molecule has 0 bridgehead atoms. The summed E-state index contributed by atoms with van der Waals surface area (Å²) in [5.41, 5.74) is 1.80. The summed E-state index contributed by atoms with van der Waals surface area (Å²) in [6.07, 6.45) is -9.26. The van der Waals surface area contributed by atoms with Gasteiger partial charge in [0.2, 0.25) is 6.10 Å². The third-order valence-corrected chi connectivity index (χ3v) is 11.5. The third-order valence-electron chi connectivity index (χ3n) is 11.5. The Hall–Kier alpha value is -7.53. The van der Waals surface area contributed by atoms with Gasteiger partial charge in [0.05, 0.1) is 40.8 Å². The van der Waals surface area contributed by atoms with Crippen LogP contribution in [0.25, 0.3) is 0 Å². The Bertz CT molecular complexity index is 2660. The van der Waals surface area contributed by atoms with Gasteiger partial charge in [0.1, 0.15) is 24.4 Å². The lowest BCUT2D eigenvalue weighted by Crippen LogP contribution is -2.63. The largest absolute Gasteiger partial charge is 0.456 e. The molecule has 15 heteroatoms. The molecule has 2 heterocycles. The Balaban J connectivity index is 1.17. The Labute approximate surface area is 404 Å². The van der Waals surface area contributed by atoms with E-state index in [0.29, 0.717) is 0 Å². The van der Waals surface area contributed by atoms with Gasteiger partial charge in [-0.05, 0) is 73.2 Å². The van der Waals surface area contributed by atoms with Gasteiger partial charge in [-0.3, -0.25) is 5.32 Å². The van der Waals surface area contributed by atoms with Crippen LogP contribution in [-0.2, 0) is 49.2 Å². The summed E-state index contributed by atoms with van der Waals surface area (Å²) < 4.78 is 56.4. The van der Waals surface area contributed by atoms with Crippen molar-refractivity contribution < 1.29 is 66.6 Å². The van der Waals surface area contributed by atoms with Gasteiger partial charge < -0.3 is 42.6 Å². The first-order valence-electron chi connectivity index (χ1n) is 22.5. The highest BCUT2D eigenvalue weighted by Gasteiger charge is 2.63. The van der Waals surface area contributed by atoms with Crippen LogP contribution in [0.2, 0.25) is 0 Å².